The van der Waals surface area contributed by atoms with E-state index < -0.39 is 0 Å². The molecular formula is C12H24N2O. The zero-order valence-electron chi connectivity index (χ0n) is 9.87. The summed E-state index contributed by atoms with van der Waals surface area (Å²) in [5, 5.41) is 3.42. The molecule has 2 saturated heterocycles. The van der Waals surface area contributed by atoms with E-state index in [9.17, 15) is 0 Å². The van der Waals surface area contributed by atoms with Crippen molar-refractivity contribution < 1.29 is 4.74 Å². The summed E-state index contributed by atoms with van der Waals surface area (Å²) >= 11 is 0. The number of hydrogen-bond acceptors (Lipinski definition) is 3. The average Bonchev–Trinajstić information content (AvgIpc) is 2.71. The highest BCUT2D eigenvalue weighted by molar-refractivity contribution is 4.74. The maximum atomic E-state index is 5.66. The van der Waals surface area contributed by atoms with Gasteiger partial charge < -0.3 is 15.0 Å². The predicted octanol–water partition coefficient (Wildman–Crippen LogP) is 1.10. The van der Waals surface area contributed by atoms with Gasteiger partial charge in [-0.25, -0.2) is 0 Å². The largest absolute Gasteiger partial charge is 0.377 e. The Balaban J connectivity index is 1.64. The van der Waals surface area contributed by atoms with Crippen LogP contribution >= 0.6 is 0 Å². The predicted molar refractivity (Wildman–Crippen MR) is 62.1 cm³/mol. The number of nitrogens with one attached hydrogen (secondary N) is 1. The normalized spacial score (nSPS) is 28.8. The first-order valence-electron chi connectivity index (χ1n) is 6.35. The molecule has 3 heteroatoms. The maximum absolute atomic E-state index is 5.66. The second-order valence-electron chi connectivity index (χ2n) is 5.05. The minimum Gasteiger partial charge on any atom is -0.377 e. The molecule has 0 aliphatic carbocycles. The van der Waals surface area contributed by atoms with Gasteiger partial charge in [0.1, 0.15) is 0 Å². The highest BCUT2D eigenvalue weighted by Gasteiger charge is 2.20. The van der Waals surface area contributed by atoms with Crippen molar-refractivity contribution in [1.82, 2.24) is 10.2 Å². The van der Waals surface area contributed by atoms with Crippen molar-refractivity contribution in [1.29, 1.82) is 0 Å². The summed E-state index contributed by atoms with van der Waals surface area (Å²) in [7, 11) is 2.24. The van der Waals surface area contributed by atoms with Crippen LogP contribution in [0.3, 0.4) is 0 Å². The van der Waals surface area contributed by atoms with Crippen molar-refractivity contribution in [2.24, 2.45) is 5.92 Å². The Morgan fingerprint density at radius 1 is 1.20 bits per heavy atom. The molecule has 0 radical (unpaired) electrons. The van der Waals surface area contributed by atoms with Crippen LogP contribution in [0, 0.1) is 5.92 Å². The highest BCUT2D eigenvalue weighted by atomic mass is 16.5. The molecular weight excluding hydrogens is 188 g/mol. The lowest BCUT2D eigenvalue weighted by Crippen LogP contribution is -2.37. The highest BCUT2D eigenvalue weighted by Crippen LogP contribution is 2.16. The van der Waals surface area contributed by atoms with Gasteiger partial charge in [-0.3, -0.25) is 0 Å². The Bertz CT molecular complexity index is 174. The first-order chi connectivity index (χ1) is 7.34. The summed E-state index contributed by atoms with van der Waals surface area (Å²) in [5.41, 5.74) is 0. The van der Waals surface area contributed by atoms with Gasteiger partial charge in [-0.2, -0.15) is 0 Å². The van der Waals surface area contributed by atoms with Gasteiger partial charge in [0.25, 0.3) is 0 Å². The van der Waals surface area contributed by atoms with Crippen LogP contribution in [0.4, 0.5) is 0 Å². The molecule has 0 bridgehead atoms. The number of ether oxygens (including phenoxy) is 1. The monoisotopic (exact) mass is 212 g/mol. The van der Waals surface area contributed by atoms with E-state index in [1.807, 2.05) is 0 Å². The van der Waals surface area contributed by atoms with Crippen molar-refractivity contribution in [2.45, 2.75) is 31.8 Å². The van der Waals surface area contributed by atoms with E-state index in [0.717, 1.165) is 19.1 Å². The summed E-state index contributed by atoms with van der Waals surface area (Å²) in [5.74, 6) is 0.901. The van der Waals surface area contributed by atoms with Crippen molar-refractivity contribution in [3.05, 3.63) is 0 Å². The number of piperidine rings is 1. The van der Waals surface area contributed by atoms with Crippen molar-refractivity contribution >= 4 is 0 Å². The number of likely N-dealkylation sites (N-methyl/N-ethyl adjacent to an activating group) is 1. The van der Waals surface area contributed by atoms with Crippen LogP contribution < -0.4 is 5.32 Å². The summed E-state index contributed by atoms with van der Waals surface area (Å²) in [4.78, 5) is 2.46. The number of rotatable bonds is 4. The van der Waals surface area contributed by atoms with Crippen LogP contribution in [0.25, 0.3) is 0 Å². The van der Waals surface area contributed by atoms with E-state index in [0.29, 0.717) is 6.10 Å². The minimum atomic E-state index is 0.511. The van der Waals surface area contributed by atoms with Gasteiger partial charge in [-0.05, 0) is 51.7 Å². The molecule has 0 aromatic carbocycles. The number of hydrogen-bond donors (Lipinski definition) is 1. The molecule has 2 heterocycles. The lowest BCUT2D eigenvalue weighted by molar-refractivity contribution is 0.0748. The van der Waals surface area contributed by atoms with Gasteiger partial charge in [0.05, 0.1) is 6.10 Å². The quantitative estimate of drug-likeness (QED) is 0.755. The van der Waals surface area contributed by atoms with E-state index in [1.165, 1.54) is 45.3 Å². The molecule has 1 N–H and O–H groups in total. The Hall–Kier alpha value is -0.120. The molecule has 2 aliphatic heterocycles. The van der Waals surface area contributed by atoms with E-state index in [2.05, 4.69) is 17.3 Å². The lowest BCUT2D eigenvalue weighted by Gasteiger charge is -2.28. The fraction of sp³-hybridized carbons (Fsp3) is 1.00. The van der Waals surface area contributed by atoms with Crippen molar-refractivity contribution in [3.8, 4) is 0 Å². The molecule has 0 amide bonds. The van der Waals surface area contributed by atoms with Crippen LogP contribution in [-0.4, -0.2) is 50.8 Å². The molecule has 2 fully saturated rings. The van der Waals surface area contributed by atoms with Crippen LogP contribution in [0.1, 0.15) is 25.7 Å². The molecule has 0 saturated carbocycles. The van der Waals surface area contributed by atoms with E-state index >= 15 is 0 Å². The summed E-state index contributed by atoms with van der Waals surface area (Å²) in [6.45, 7) is 5.77. The van der Waals surface area contributed by atoms with Gasteiger partial charge in [-0.1, -0.05) is 0 Å². The molecule has 1 atom stereocenters. The third-order valence-electron chi connectivity index (χ3n) is 3.57. The molecule has 0 aromatic heterocycles. The fourth-order valence-corrected chi connectivity index (χ4v) is 2.72. The Morgan fingerprint density at radius 3 is 2.67 bits per heavy atom. The Kier molecular flexibility index (Phi) is 4.42. The molecule has 0 spiro atoms. The Labute approximate surface area is 93.2 Å². The molecule has 2 aliphatic rings. The molecule has 2 rings (SSSR count). The molecule has 88 valence electrons. The fourth-order valence-electron chi connectivity index (χ4n) is 2.72. The van der Waals surface area contributed by atoms with Gasteiger partial charge in [-0.15, -0.1) is 0 Å². The minimum absolute atomic E-state index is 0.511. The van der Waals surface area contributed by atoms with Gasteiger partial charge in [0.15, 0.2) is 0 Å². The van der Waals surface area contributed by atoms with E-state index in [1.54, 1.807) is 0 Å². The molecule has 15 heavy (non-hydrogen) atoms. The molecule has 0 unspecified atom stereocenters. The van der Waals surface area contributed by atoms with Crippen LogP contribution in [-0.2, 0) is 4.74 Å². The van der Waals surface area contributed by atoms with Gasteiger partial charge >= 0.3 is 0 Å². The molecule has 3 nitrogen and oxygen atoms in total. The van der Waals surface area contributed by atoms with Crippen molar-refractivity contribution in [3.63, 3.8) is 0 Å². The topological polar surface area (TPSA) is 24.5 Å². The second kappa shape index (κ2) is 5.83. The van der Waals surface area contributed by atoms with E-state index in [-0.39, 0.29) is 0 Å². The SMILES string of the molecule is CN(CC1CCNCC1)C[C@@H]1CCCO1. The summed E-state index contributed by atoms with van der Waals surface area (Å²) in [6, 6.07) is 0. The third-order valence-corrected chi connectivity index (χ3v) is 3.57. The average molecular weight is 212 g/mol. The lowest BCUT2D eigenvalue weighted by atomic mass is 9.97. The standard InChI is InChI=1S/C12H24N2O/c1-14(10-12-3-2-8-15-12)9-11-4-6-13-7-5-11/h11-13H,2-10H2,1H3/t12-/m0/s1. The van der Waals surface area contributed by atoms with Crippen LogP contribution in [0.15, 0.2) is 0 Å². The third kappa shape index (κ3) is 3.74. The Morgan fingerprint density at radius 2 is 2.00 bits per heavy atom. The molecule has 0 aromatic rings. The maximum Gasteiger partial charge on any atom is 0.0702 e. The van der Waals surface area contributed by atoms with E-state index in [4.69, 9.17) is 4.74 Å². The zero-order valence-corrected chi connectivity index (χ0v) is 9.87. The van der Waals surface area contributed by atoms with Crippen molar-refractivity contribution in [2.75, 3.05) is 39.8 Å². The smallest absolute Gasteiger partial charge is 0.0702 e. The first kappa shape index (κ1) is 11.4. The number of nitrogens with zero attached hydrogens (tertiary/aromatic N) is 1. The zero-order chi connectivity index (χ0) is 10.5. The van der Waals surface area contributed by atoms with Crippen LogP contribution in [0.2, 0.25) is 0 Å². The first-order valence-corrected chi connectivity index (χ1v) is 6.35. The van der Waals surface area contributed by atoms with Crippen LogP contribution in [0.5, 0.6) is 0 Å². The summed E-state index contributed by atoms with van der Waals surface area (Å²) in [6.07, 6.45) is 5.71. The second-order valence-corrected chi connectivity index (χ2v) is 5.05. The van der Waals surface area contributed by atoms with Gasteiger partial charge in [0.2, 0.25) is 0 Å². The van der Waals surface area contributed by atoms with Gasteiger partial charge in [0, 0.05) is 19.7 Å². The summed E-state index contributed by atoms with van der Waals surface area (Å²) < 4.78 is 5.66.